The normalized spacial score (nSPS) is 10.8. The quantitative estimate of drug-likeness (QED) is 0.127. The molecule has 4 aromatic carbocycles. The number of halogens is 3. The lowest BCUT2D eigenvalue weighted by molar-refractivity contribution is 0.297. The van der Waals surface area contributed by atoms with Crippen molar-refractivity contribution >= 4 is 0 Å². The lowest BCUT2D eigenvalue weighted by Gasteiger charge is -2.12. The van der Waals surface area contributed by atoms with Crippen molar-refractivity contribution in [3.05, 3.63) is 115 Å². The number of benzene rings is 4. The summed E-state index contributed by atoms with van der Waals surface area (Å²) in [6.07, 6.45) is 4.33. The molecule has 0 N–H and O–H groups in total. The zero-order chi connectivity index (χ0) is 27.6. The van der Waals surface area contributed by atoms with Crippen molar-refractivity contribution in [1.29, 1.82) is 0 Å². The van der Waals surface area contributed by atoms with Gasteiger partial charge in [0.05, 0.1) is 13.2 Å². The van der Waals surface area contributed by atoms with Crippen LogP contribution in [-0.4, -0.2) is 13.2 Å². The fourth-order valence-corrected chi connectivity index (χ4v) is 3.94. The standard InChI is InChI=1S/C33H31F3O3/c1-3-5-19-37-27-15-9-24(10-16-27)29-17-11-26(32(35)33(29)36)22-39-28-13-7-23(8-14-28)25-12-18-31(30(34)21-25)38-20-6-4-2/h4,7-18,21H,2-3,5-6,19-20,22H2,1H3. The molecule has 0 bridgehead atoms. The predicted molar refractivity (Wildman–Crippen MR) is 149 cm³/mol. The van der Waals surface area contributed by atoms with E-state index in [4.69, 9.17) is 14.2 Å². The van der Waals surface area contributed by atoms with Gasteiger partial charge < -0.3 is 14.2 Å². The van der Waals surface area contributed by atoms with Crippen LogP contribution >= 0.6 is 0 Å². The maximum Gasteiger partial charge on any atom is 0.167 e. The molecule has 0 unspecified atom stereocenters. The van der Waals surface area contributed by atoms with Gasteiger partial charge in [0.15, 0.2) is 23.2 Å². The van der Waals surface area contributed by atoms with Crippen molar-refractivity contribution in [2.75, 3.05) is 13.2 Å². The molecule has 0 aromatic heterocycles. The largest absolute Gasteiger partial charge is 0.494 e. The SMILES string of the molecule is C=CCCOc1ccc(-c2ccc(OCc3ccc(-c4ccc(OCCCC)cc4)c(F)c3F)cc2)cc1F. The molecule has 6 heteroatoms. The summed E-state index contributed by atoms with van der Waals surface area (Å²) in [4.78, 5) is 0. The van der Waals surface area contributed by atoms with E-state index in [-0.39, 0.29) is 23.5 Å². The molecule has 0 atom stereocenters. The minimum Gasteiger partial charge on any atom is -0.494 e. The Balaban J connectivity index is 1.38. The van der Waals surface area contributed by atoms with Gasteiger partial charge in [0.25, 0.3) is 0 Å². The molecule has 0 spiro atoms. The van der Waals surface area contributed by atoms with Crippen LogP contribution in [0.2, 0.25) is 0 Å². The summed E-state index contributed by atoms with van der Waals surface area (Å²) in [5, 5.41) is 0. The predicted octanol–water partition coefficient (Wildman–Crippen LogP) is 9.15. The Bertz CT molecular complexity index is 1380. The number of unbranched alkanes of at least 4 members (excludes halogenated alkanes) is 1. The Labute approximate surface area is 227 Å². The number of hydrogen-bond donors (Lipinski definition) is 0. The van der Waals surface area contributed by atoms with E-state index in [1.165, 1.54) is 12.1 Å². The summed E-state index contributed by atoms with van der Waals surface area (Å²) >= 11 is 0. The molecular formula is C33H31F3O3. The smallest absolute Gasteiger partial charge is 0.167 e. The van der Waals surface area contributed by atoms with Gasteiger partial charge in [-0.1, -0.05) is 61.9 Å². The van der Waals surface area contributed by atoms with E-state index in [9.17, 15) is 13.2 Å². The number of hydrogen-bond acceptors (Lipinski definition) is 3. The van der Waals surface area contributed by atoms with E-state index in [2.05, 4.69) is 13.5 Å². The zero-order valence-electron chi connectivity index (χ0n) is 21.9. The van der Waals surface area contributed by atoms with Crippen molar-refractivity contribution in [2.24, 2.45) is 0 Å². The zero-order valence-corrected chi connectivity index (χ0v) is 21.9. The second kappa shape index (κ2) is 13.6. The van der Waals surface area contributed by atoms with E-state index in [1.54, 1.807) is 72.8 Å². The van der Waals surface area contributed by atoms with Crippen molar-refractivity contribution in [2.45, 2.75) is 32.8 Å². The monoisotopic (exact) mass is 532 g/mol. The summed E-state index contributed by atoms with van der Waals surface area (Å²) < 4.78 is 60.9. The van der Waals surface area contributed by atoms with Crippen LogP contribution < -0.4 is 14.2 Å². The first-order chi connectivity index (χ1) is 19.0. The third-order valence-corrected chi connectivity index (χ3v) is 6.19. The summed E-state index contributed by atoms with van der Waals surface area (Å²) in [6, 6.07) is 21.7. The van der Waals surface area contributed by atoms with E-state index in [1.807, 2.05) is 0 Å². The highest BCUT2D eigenvalue weighted by Gasteiger charge is 2.15. The molecule has 0 radical (unpaired) electrons. The second-order valence-electron chi connectivity index (χ2n) is 9.01. The molecule has 4 aromatic rings. The Morgan fingerprint density at radius 2 is 1.36 bits per heavy atom. The summed E-state index contributed by atoms with van der Waals surface area (Å²) in [5.41, 5.74) is 2.30. The summed E-state index contributed by atoms with van der Waals surface area (Å²) in [7, 11) is 0. The van der Waals surface area contributed by atoms with Gasteiger partial charge in [-0.15, -0.1) is 6.58 Å². The molecule has 0 saturated carbocycles. The summed E-state index contributed by atoms with van der Waals surface area (Å²) in [5.74, 6) is -0.961. The first-order valence-electron chi connectivity index (χ1n) is 13.0. The Hall–Kier alpha value is -4.19. The first-order valence-corrected chi connectivity index (χ1v) is 13.0. The van der Waals surface area contributed by atoms with Crippen molar-refractivity contribution in [3.63, 3.8) is 0 Å². The van der Waals surface area contributed by atoms with Crippen LogP contribution in [0.5, 0.6) is 17.2 Å². The van der Waals surface area contributed by atoms with E-state index in [0.29, 0.717) is 42.3 Å². The molecule has 0 aliphatic carbocycles. The number of ether oxygens (including phenoxy) is 3. The lowest BCUT2D eigenvalue weighted by atomic mass is 10.0. The molecule has 0 amide bonds. The molecule has 0 aliphatic rings. The van der Waals surface area contributed by atoms with Gasteiger partial charge in [-0.25, -0.2) is 13.2 Å². The second-order valence-corrected chi connectivity index (χ2v) is 9.01. The van der Waals surface area contributed by atoms with Gasteiger partial charge in [0, 0.05) is 11.1 Å². The molecule has 3 nitrogen and oxygen atoms in total. The Morgan fingerprint density at radius 1 is 0.692 bits per heavy atom. The molecule has 0 saturated heterocycles. The van der Waals surface area contributed by atoms with Crippen LogP contribution in [0.25, 0.3) is 22.3 Å². The van der Waals surface area contributed by atoms with E-state index in [0.717, 1.165) is 18.4 Å². The maximum atomic E-state index is 14.9. The molecule has 39 heavy (non-hydrogen) atoms. The first kappa shape index (κ1) is 27.8. The van der Waals surface area contributed by atoms with E-state index >= 15 is 0 Å². The highest BCUT2D eigenvalue weighted by molar-refractivity contribution is 5.66. The molecule has 4 rings (SSSR count). The topological polar surface area (TPSA) is 27.7 Å². The third-order valence-electron chi connectivity index (χ3n) is 6.19. The fraction of sp³-hybridized carbons (Fsp3) is 0.212. The van der Waals surface area contributed by atoms with Crippen molar-refractivity contribution in [1.82, 2.24) is 0 Å². The van der Waals surface area contributed by atoms with Crippen LogP contribution in [0.15, 0.2) is 91.5 Å². The van der Waals surface area contributed by atoms with Crippen LogP contribution in [0, 0.1) is 17.5 Å². The van der Waals surface area contributed by atoms with Gasteiger partial charge >= 0.3 is 0 Å². The van der Waals surface area contributed by atoms with Gasteiger partial charge in [-0.2, -0.15) is 0 Å². The van der Waals surface area contributed by atoms with Gasteiger partial charge in [-0.05, 0) is 65.9 Å². The van der Waals surface area contributed by atoms with Gasteiger partial charge in [-0.3, -0.25) is 0 Å². The van der Waals surface area contributed by atoms with Crippen LogP contribution in [0.1, 0.15) is 31.7 Å². The van der Waals surface area contributed by atoms with Crippen molar-refractivity contribution < 1.29 is 27.4 Å². The van der Waals surface area contributed by atoms with Crippen molar-refractivity contribution in [3.8, 4) is 39.5 Å². The Kier molecular flexibility index (Phi) is 9.68. The lowest BCUT2D eigenvalue weighted by Crippen LogP contribution is -2.02. The number of rotatable bonds is 13. The molecule has 202 valence electrons. The highest BCUT2D eigenvalue weighted by atomic mass is 19.2. The van der Waals surface area contributed by atoms with E-state index < -0.39 is 17.5 Å². The molecular weight excluding hydrogens is 501 g/mol. The molecule has 0 heterocycles. The fourth-order valence-electron chi connectivity index (χ4n) is 3.94. The van der Waals surface area contributed by atoms with Crippen LogP contribution in [-0.2, 0) is 6.61 Å². The van der Waals surface area contributed by atoms with Crippen LogP contribution in [0.3, 0.4) is 0 Å². The minimum absolute atomic E-state index is 0.106. The van der Waals surface area contributed by atoms with Gasteiger partial charge in [0.2, 0.25) is 0 Å². The minimum atomic E-state index is -0.946. The average Bonchev–Trinajstić information content (AvgIpc) is 2.96. The molecule has 0 aliphatic heterocycles. The van der Waals surface area contributed by atoms with Crippen LogP contribution in [0.4, 0.5) is 13.2 Å². The maximum absolute atomic E-state index is 14.9. The van der Waals surface area contributed by atoms with Gasteiger partial charge in [0.1, 0.15) is 18.1 Å². The third kappa shape index (κ3) is 7.23. The summed E-state index contributed by atoms with van der Waals surface area (Å²) in [6.45, 7) is 6.54. The Morgan fingerprint density at radius 3 is 2.03 bits per heavy atom. The highest BCUT2D eigenvalue weighted by Crippen LogP contribution is 2.30. The molecule has 0 fully saturated rings. The average molecular weight is 533 g/mol.